The Bertz CT molecular complexity index is 336. The van der Waals surface area contributed by atoms with Gasteiger partial charge in [0.2, 0.25) is 0 Å². The molecule has 1 atom stereocenters. The normalized spacial score (nSPS) is 18.6. The third-order valence-electron chi connectivity index (χ3n) is 3.32. The lowest BCUT2D eigenvalue weighted by atomic mass is 9.95. The number of aromatic nitrogens is 2. The first-order valence-electron chi connectivity index (χ1n) is 5.77. The molecule has 1 aromatic heterocycles. The van der Waals surface area contributed by atoms with Crippen LogP contribution < -0.4 is 0 Å². The summed E-state index contributed by atoms with van der Waals surface area (Å²) in [6.45, 7) is 0. The van der Waals surface area contributed by atoms with Gasteiger partial charge in [-0.05, 0) is 37.3 Å². The summed E-state index contributed by atoms with van der Waals surface area (Å²) >= 11 is 0. The molecule has 0 aliphatic heterocycles. The number of rotatable bonds is 4. The van der Waals surface area contributed by atoms with E-state index in [-0.39, 0.29) is 6.04 Å². The van der Waals surface area contributed by atoms with E-state index in [9.17, 15) is 8.78 Å². The topological polar surface area (TPSA) is 17.8 Å². The van der Waals surface area contributed by atoms with Gasteiger partial charge in [-0.15, -0.1) is 0 Å². The van der Waals surface area contributed by atoms with Crippen molar-refractivity contribution in [3.8, 4) is 0 Å². The third kappa shape index (κ3) is 2.68. The Kier molecular flexibility index (Phi) is 3.70. The zero-order chi connectivity index (χ0) is 11.4. The minimum atomic E-state index is -1.59. The van der Waals surface area contributed by atoms with Crippen LogP contribution in [-0.2, 0) is 0 Å². The van der Waals surface area contributed by atoms with Gasteiger partial charge >= 0.3 is 0 Å². The van der Waals surface area contributed by atoms with E-state index in [4.69, 9.17) is 0 Å². The molecule has 0 saturated heterocycles. The van der Waals surface area contributed by atoms with E-state index in [0.717, 1.165) is 18.9 Å². The fourth-order valence-corrected chi connectivity index (χ4v) is 2.55. The highest BCUT2D eigenvalue weighted by molar-refractivity contribution is 4.92. The Morgan fingerprint density at radius 2 is 2.19 bits per heavy atom. The molecule has 88 valence electrons. The second-order valence-corrected chi connectivity index (χ2v) is 4.33. The van der Waals surface area contributed by atoms with Crippen molar-refractivity contribution in [3.05, 3.63) is 30.6 Å². The van der Waals surface area contributed by atoms with Gasteiger partial charge in [-0.2, -0.15) is 13.9 Å². The van der Waals surface area contributed by atoms with Crippen LogP contribution in [0, 0.1) is 5.92 Å². The van der Waals surface area contributed by atoms with Gasteiger partial charge in [0.05, 0.1) is 6.04 Å². The Morgan fingerprint density at radius 3 is 2.75 bits per heavy atom. The summed E-state index contributed by atoms with van der Waals surface area (Å²) in [5, 5.41) is 4.18. The van der Waals surface area contributed by atoms with Crippen molar-refractivity contribution < 1.29 is 8.78 Å². The standard InChI is InChI=1S/C12H16F2N2/c13-12(14)7-6-11(10-4-1-2-5-10)16-9-3-8-15-16/h3,7-11H,1-2,4-6H2. The van der Waals surface area contributed by atoms with Crippen molar-refractivity contribution in [2.45, 2.75) is 38.1 Å². The van der Waals surface area contributed by atoms with E-state index in [1.165, 1.54) is 12.8 Å². The summed E-state index contributed by atoms with van der Waals surface area (Å²) in [4.78, 5) is 0. The fourth-order valence-electron chi connectivity index (χ4n) is 2.55. The van der Waals surface area contributed by atoms with Crippen LogP contribution in [0.25, 0.3) is 0 Å². The first kappa shape index (κ1) is 11.3. The summed E-state index contributed by atoms with van der Waals surface area (Å²) in [5.41, 5.74) is 0. The lowest BCUT2D eigenvalue weighted by Crippen LogP contribution is -2.17. The average molecular weight is 226 g/mol. The second kappa shape index (κ2) is 5.23. The Morgan fingerprint density at radius 1 is 1.44 bits per heavy atom. The van der Waals surface area contributed by atoms with Gasteiger partial charge in [0.1, 0.15) is 0 Å². The first-order chi connectivity index (χ1) is 7.77. The van der Waals surface area contributed by atoms with Crippen molar-refractivity contribution in [1.29, 1.82) is 0 Å². The number of hydrogen-bond donors (Lipinski definition) is 0. The molecule has 1 aliphatic rings. The third-order valence-corrected chi connectivity index (χ3v) is 3.32. The average Bonchev–Trinajstić information content (AvgIpc) is 2.88. The van der Waals surface area contributed by atoms with Crippen molar-refractivity contribution in [2.75, 3.05) is 0 Å². The first-order valence-corrected chi connectivity index (χ1v) is 5.77. The number of nitrogens with zero attached hydrogens (tertiary/aromatic N) is 2. The Hall–Kier alpha value is -1.19. The Balaban J connectivity index is 2.09. The minimum Gasteiger partial charge on any atom is -0.269 e. The van der Waals surface area contributed by atoms with Gasteiger partial charge in [-0.25, -0.2) is 0 Å². The highest BCUT2D eigenvalue weighted by atomic mass is 19.3. The highest BCUT2D eigenvalue weighted by Crippen LogP contribution is 2.36. The van der Waals surface area contributed by atoms with Gasteiger partial charge < -0.3 is 0 Å². The predicted octanol–water partition coefficient (Wildman–Crippen LogP) is 3.78. The molecule has 0 bridgehead atoms. The smallest absolute Gasteiger partial charge is 0.266 e. The molecule has 0 N–H and O–H groups in total. The van der Waals surface area contributed by atoms with Crippen molar-refractivity contribution in [3.63, 3.8) is 0 Å². The van der Waals surface area contributed by atoms with E-state index in [1.807, 2.05) is 16.9 Å². The van der Waals surface area contributed by atoms with Crippen LogP contribution in [0.2, 0.25) is 0 Å². The van der Waals surface area contributed by atoms with Crippen LogP contribution in [0.1, 0.15) is 38.1 Å². The van der Waals surface area contributed by atoms with Crippen LogP contribution >= 0.6 is 0 Å². The van der Waals surface area contributed by atoms with E-state index in [1.54, 1.807) is 6.20 Å². The van der Waals surface area contributed by atoms with E-state index >= 15 is 0 Å². The van der Waals surface area contributed by atoms with Gasteiger partial charge in [-0.1, -0.05) is 12.8 Å². The van der Waals surface area contributed by atoms with Crippen LogP contribution in [0.4, 0.5) is 8.78 Å². The predicted molar refractivity (Wildman–Crippen MR) is 58.1 cm³/mol. The largest absolute Gasteiger partial charge is 0.269 e. The van der Waals surface area contributed by atoms with Gasteiger partial charge in [0.25, 0.3) is 6.08 Å². The molecule has 0 spiro atoms. The maximum atomic E-state index is 12.2. The maximum absolute atomic E-state index is 12.2. The molecule has 4 heteroatoms. The van der Waals surface area contributed by atoms with E-state index in [2.05, 4.69) is 5.10 Å². The second-order valence-electron chi connectivity index (χ2n) is 4.33. The lowest BCUT2D eigenvalue weighted by Gasteiger charge is -2.22. The molecule has 1 heterocycles. The summed E-state index contributed by atoms with van der Waals surface area (Å²) in [6.07, 6.45) is 8.08. The molecule has 16 heavy (non-hydrogen) atoms. The molecule has 2 rings (SSSR count). The van der Waals surface area contributed by atoms with E-state index < -0.39 is 6.08 Å². The molecule has 2 nitrogen and oxygen atoms in total. The van der Waals surface area contributed by atoms with Gasteiger partial charge in [0, 0.05) is 12.4 Å². The Labute approximate surface area is 94.0 Å². The van der Waals surface area contributed by atoms with Crippen LogP contribution in [0.5, 0.6) is 0 Å². The van der Waals surface area contributed by atoms with Crippen LogP contribution in [0.15, 0.2) is 30.6 Å². The molecule has 0 aromatic carbocycles. The van der Waals surface area contributed by atoms with Crippen molar-refractivity contribution in [1.82, 2.24) is 9.78 Å². The zero-order valence-electron chi connectivity index (χ0n) is 9.15. The summed E-state index contributed by atoms with van der Waals surface area (Å²) in [6, 6.07) is 1.94. The monoisotopic (exact) mass is 226 g/mol. The van der Waals surface area contributed by atoms with E-state index in [0.29, 0.717) is 12.3 Å². The van der Waals surface area contributed by atoms with Crippen molar-refractivity contribution in [2.24, 2.45) is 5.92 Å². The fraction of sp³-hybridized carbons (Fsp3) is 0.583. The van der Waals surface area contributed by atoms with Crippen LogP contribution in [0.3, 0.4) is 0 Å². The summed E-state index contributed by atoms with van der Waals surface area (Å²) in [7, 11) is 0. The number of allylic oxidation sites excluding steroid dienone is 1. The highest BCUT2D eigenvalue weighted by Gasteiger charge is 2.25. The molecule has 1 aromatic rings. The zero-order valence-corrected chi connectivity index (χ0v) is 9.15. The van der Waals surface area contributed by atoms with Gasteiger partial charge in [-0.3, -0.25) is 4.68 Å². The minimum absolute atomic E-state index is 0.0963. The van der Waals surface area contributed by atoms with Crippen LogP contribution in [-0.4, -0.2) is 9.78 Å². The summed E-state index contributed by atoms with van der Waals surface area (Å²) < 4.78 is 26.1. The maximum Gasteiger partial charge on any atom is 0.266 e. The molecule has 1 aliphatic carbocycles. The molecule has 1 unspecified atom stereocenters. The molecule has 0 radical (unpaired) electrons. The SMILES string of the molecule is FC(F)=CCC(C1CCCC1)n1cccn1. The lowest BCUT2D eigenvalue weighted by molar-refractivity contribution is 0.306. The molecular weight excluding hydrogens is 210 g/mol. The quantitative estimate of drug-likeness (QED) is 0.763. The molecular formula is C12H16F2N2. The summed E-state index contributed by atoms with van der Waals surface area (Å²) in [5.74, 6) is 0.496. The number of hydrogen-bond acceptors (Lipinski definition) is 1. The van der Waals surface area contributed by atoms with Crippen molar-refractivity contribution >= 4 is 0 Å². The van der Waals surface area contributed by atoms with Gasteiger partial charge in [0.15, 0.2) is 0 Å². The number of halogens is 2. The molecule has 1 fully saturated rings. The molecule has 1 saturated carbocycles. The molecule has 0 amide bonds.